The molecule has 0 aliphatic carbocycles. The molecule has 1 aliphatic rings. The highest BCUT2D eigenvalue weighted by Crippen LogP contribution is 2.25. The normalized spacial score (nSPS) is 17.1. The molecule has 2 rings (SSSR count). The molecule has 1 aromatic carbocycles. The van der Waals surface area contributed by atoms with Gasteiger partial charge in [0, 0.05) is 19.2 Å². The molecule has 0 atom stereocenters. The molecule has 0 unspecified atom stereocenters. The van der Waals surface area contributed by atoms with E-state index in [0.29, 0.717) is 32.0 Å². The Bertz CT molecular complexity index is 644. The smallest absolute Gasteiger partial charge is 0.272 e. The molecule has 21 heavy (non-hydrogen) atoms. The quantitative estimate of drug-likeness (QED) is 0.663. The highest BCUT2D eigenvalue weighted by molar-refractivity contribution is 7.89. The van der Waals surface area contributed by atoms with Gasteiger partial charge in [-0.1, -0.05) is 0 Å². The van der Waals surface area contributed by atoms with Crippen molar-refractivity contribution in [1.82, 2.24) is 9.62 Å². The van der Waals surface area contributed by atoms with Crippen molar-refractivity contribution in [2.45, 2.75) is 23.8 Å². The number of non-ortho nitro benzene ring substituents is 1. The number of sulfonamides is 1. The van der Waals surface area contributed by atoms with Crippen LogP contribution < -0.4 is 5.32 Å². The zero-order valence-electron chi connectivity index (χ0n) is 11.5. The van der Waals surface area contributed by atoms with E-state index in [2.05, 4.69) is 5.32 Å². The van der Waals surface area contributed by atoms with Gasteiger partial charge in [0.05, 0.1) is 11.0 Å². The van der Waals surface area contributed by atoms with Crippen LogP contribution >= 0.6 is 0 Å². The topological polar surface area (TPSA) is 92.6 Å². The average Bonchev–Trinajstić information content (AvgIpc) is 2.46. The number of rotatable bonds is 4. The second kappa shape index (κ2) is 6.04. The van der Waals surface area contributed by atoms with Crippen molar-refractivity contribution in [2.24, 2.45) is 0 Å². The molecule has 0 radical (unpaired) electrons. The summed E-state index contributed by atoms with van der Waals surface area (Å²) in [6.45, 7) is 1.40. The van der Waals surface area contributed by atoms with Crippen molar-refractivity contribution < 1.29 is 17.7 Å². The Morgan fingerprint density at radius 3 is 2.52 bits per heavy atom. The molecule has 116 valence electrons. The summed E-state index contributed by atoms with van der Waals surface area (Å²) in [6.07, 6.45) is 1.29. The fraction of sp³-hybridized carbons (Fsp3) is 0.500. The number of nitrogens with one attached hydrogen (secondary N) is 1. The first-order valence-corrected chi connectivity index (χ1v) is 7.90. The predicted octanol–water partition coefficient (Wildman–Crippen LogP) is 1.11. The van der Waals surface area contributed by atoms with E-state index in [-0.39, 0.29) is 6.04 Å². The highest BCUT2D eigenvalue weighted by Gasteiger charge is 2.31. The third kappa shape index (κ3) is 3.20. The maximum atomic E-state index is 13.9. The number of nitro groups is 1. The van der Waals surface area contributed by atoms with Gasteiger partial charge < -0.3 is 5.32 Å². The molecule has 9 heteroatoms. The summed E-state index contributed by atoms with van der Waals surface area (Å²) in [5.74, 6) is -1.11. The van der Waals surface area contributed by atoms with Crippen LogP contribution in [-0.2, 0) is 10.0 Å². The van der Waals surface area contributed by atoms with E-state index in [4.69, 9.17) is 0 Å². The van der Waals surface area contributed by atoms with Crippen LogP contribution in [0.25, 0.3) is 0 Å². The molecule has 1 heterocycles. The molecule has 0 saturated carbocycles. The van der Waals surface area contributed by atoms with Gasteiger partial charge in [0.1, 0.15) is 10.7 Å². The molecule has 1 aromatic rings. The summed E-state index contributed by atoms with van der Waals surface area (Å²) in [5.41, 5.74) is -0.476. The van der Waals surface area contributed by atoms with Crippen LogP contribution in [0.1, 0.15) is 12.8 Å². The first-order chi connectivity index (χ1) is 9.84. The van der Waals surface area contributed by atoms with E-state index >= 15 is 0 Å². The van der Waals surface area contributed by atoms with E-state index in [9.17, 15) is 22.9 Å². The second-order valence-corrected chi connectivity index (χ2v) is 6.84. The number of piperidine rings is 1. The Kier molecular flexibility index (Phi) is 4.55. The Balaban J connectivity index is 2.32. The number of hydrogen-bond acceptors (Lipinski definition) is 5. The summed E-state index contributed by atoms with van der Waals surface area (Å²) in [4.78, 5) is 9.27. The predicted molar refractivity (Wildman–Crippen MR) is 73.9 cm³/mol. The van der Waals surface area contributed by atoms with E-state index in [1.54, 1.807) is 0 Å². The average molecular weight is 317 g/mol. The Morgan fingerprint density at radius 1 is 1.38 bits per heavy atom. The molecule has 0 bridgehead atoms. The largest absolute Gasteiger partial charge is 0.317 e. The van der Waals surface area contributed by atoms with Crippen LogP contribution in [0.3, 0.4) is 0 Å². The van der Waals surface area contributed by atoms with Crippen molar-refractivity contribution >= 4 is 15.7 Å². The number of nitro benzene ring substituents is 1. The van der Waals surface area contributed by atoms with Gasteiger partial charge in [-0.15, -0.1) is 0 Å². The van der Waals surface area contributed by atoms with Crippen LogP contribution in [0.2, 0.25) is 0 Å². The van der Waals surface area contributed by atoms with E-state index in [1.165, 1.54) is 7.05 Å². The van der Waals surface area contributed by atoms with Crippen LogP contribution in [0.4, 0.5) is 10.1 Å². The minimum absolute atomic E-state index is 0.203. The van der Waals surface area contributed by atoms with Gasteiger partial charge in [-0.3, -0.25) is 10.1 Å². The van der Waals surface area contributed by atoms with Crippen LogP contribution in [0.15, 0.2) is 23.1 Å². The summed E-state index contributed by atoms with van der Waals surface area (Å²) in [5, 5.41) is 13.7. The minimum Gasteiger partial charge on any atom is -0.317 e. The lowest BCUT2D eigenvalue weighted by Crippen LogP contribution is -2.44. The minimum atomic E-state index is -4.00. The van der Waals surface area contributed by atoms with Crippen molar-refractivity contribution in [3.8, 4) is 0 Å². The number of benzene rings is 1. The molecule has 0 aromatic heterocycles. The van der Waals surface area contributed by atoms with Gasteiger partial charge in [-0.2, -0.15) is 4.31 Å². The van der Waals surface area contributed by atoms with Crippen molar-refractivity contribution in [3.05, 3.63) is 34.1 Å². The molecule has 0 spiro atoms. The monoisotopic (exact) mass is 317 g/mol. The fourth-order valence-corrected chi connectivity index (χ4v) is 3.79. The lowest BCUT2D eigenvalue weighted by molar-refractivity contribution is -0.385. The zero-order valence-corrected chi connectivity index (χ0v) is 12.3. The lowest BCUT2D eigenvalue weighted by Gasteiger charge is -2.30. The summed E-state index contributed by atoms with van der Waals surface area (Å²) in [6, 6.07) is 2.36. The number of hydrogen-bond donors (Lipinski definition) is 1. The molecule has 7 nitrogen and oxygen atoms in total. The summed E-state index contributed by atoms with van der Waals surface area (Å²) < 4.78 is 39.9. The molecular weight excluding hydrogens is 301 g/mol. The molecule has 1 N–H and O–H groups in total. The first kappa shape index (κ1) is 15.8. The second-order valence-electron chi connectivity index (χ2n) is 4.87. The zero-order chi connectivity index (χ0) is 15.6. The number of halogens is 1. The van der Waals surface area contributed by atoms with Gasteiger partial charge >= 0.3 is 0 Å². The Hall–Kier alpha value is -1.58. The van der Waals surface area contributed by atoms with Crippen molar-refractivity contribution in [3.63, 3.8) is 0 Å². The molecule has 1 fully saturated rings. The van der Waals surface area contributed by atoms with Gasteiger partial charge in [0.2, 0.25) is 10.0 Å². The summed E-state index contributed by atoms with van der Waals surface area (Å²) >= 11 is 0. The van der Waals surface area contributed by atoms with E-state index in [1.807, 2.05) is 0 Å². The maximum absolute atomic E-state index is 13.9. The fourth-order valence-electron chi connectivity index (χ4n) is 2.33. The number of nitrogens with zero attached hydrogens (tertiary/aromatic N) is 2. The maximum Gasteiger partial charge on any atom is 0.272 e. The highest BCUT2D eigenvalue weighted by atomic mass is 32.2. The van der Waals surface area contributed by atoms with Crippen molar-refractivity contribution in [2.75, 3.05) is 20.1 Å². The lowest BCUT2D eigenvalue weighted by atomic mass is 10.1. The van der Waals surface area contributed by atoms with Gasteiger partial charge in [0.25, 0.3) is 5.69 Å². The molecule has 0 amide bonds. The molecule has 1 aliphatic heterocycles. The Labute approximate surface area is 122 Å². The SMILES string of the molecule is CN(C1CCNCC1)S(=O)(=O)c1ccc([N+](=O)[O-])cc1F. The van der Waals surface area contributed by atoms with E-state index in [0.717, 1.165) is 16.4 Å². The van der Waals surface area contributed by atoms with E-state index < -0.39 is 31.3 Å². The van der Waals surface area contributed by atoms with Crippen molar-refractivity contribution in [1.29, 1.82) is 0 Å². The van der Waals surface area contributed by atoms with Crippen LogP contribution in [0, 0.1) is 15.9 Å². The third-order valence-electron chi connectivity index (χ3n) is 3.61. The van der Waals surface area contributed by atoms with Crippen LogP contribution in [-0.4, -0.2) is 43.8 Å². The van der Waals surface area contributed by atoms with Gasteiger partial charge in [-0.25, -0.2) is 12.8 Å². The van der Waals surface area contributed by atoms with Gasteiger partial charge in [-0.05, 0) is 32.0 Å². The van der Waals surface area contributed by atoms with Crippen LogP contribution in [0.5, 0.6) is 0 Å². The molecular formula is C12H16FN3O4S. The third-order valence-corrected chi connectivity index (χ3v) is 5.55. The first-order valence-electron chi connectivity index (χ1n) is 6.46. The standard InChI is InChI=1S/C12H16FN3O4S/c1-15(9-4-6-14-7-5-9)21(19,20)12-3-2-10(16(17)18)8-11(12)13/h2-3,8-9,14H,4-7H2,1H3. The van der Waals surface area contributed by atoms with Gasteiger partial charge in [0.15, 0.2) is 0 Å². The Morgan fingerprint density at radius 2 is 2.00 bits per heavy atom. The molecule has 1 saturated heterocycles. The summed E-state index contributed by atoms with van der Waals surface area (Å²) in [7, 11) is -2.59.